The van der Waals surface area contributed by atoms with E-state index < -0.39 is 5.97 Å². The Balaban J connectivity index is 1.45. The number of rotatable bonds is 11. The second kappa shape index (κ2) is 11.2. The summed E-state index contributed by atoms with van der Waals surface area (Å²) in [5, 5.41) is 8.53. The number of allylic oxidation sites excluding steroid dienone is 4. The number of hydrogen-bond acceptors (Lipinski definition) is 2. The summed E-state index contributed by atoms with van der Waals surface area (Å²) in [6, 6.07) is 0. The SMILES string of the molecule is O=C(O)CCC/C=C/C/C=C/C[C@@H]1O[C@@H]1C/C=C/C1CCCCC1. The largest absolute Gasteiger partial charge is 0.481 e. The van der Waals surface area contributed by atoms with Crippen LogP contribution in [0.1, 0.15) is 70.6 Å². The van der Waals surface area contributed by atoms with Gasteiger partial charge in [-0.2, -0.15) is 0 Å². The molecule has 1 N–H and O–H groups in total. The first kappa shape index (κ1) is 19.0. The number of carbonyl (C=O) groups is 1. The maximum absolute atomic E-state index is 10.4. The van der Waals surface area contributed by atoms with Crippen LogP contribution in [0.15, 0.2) is 36.5 Å². The van der Waals surface area contributed by atoms with Gasteiger partial charge in [0.2, 0.25) is 0 Å². The van der Waals surface area contributed by atoms with Crippen molar-refractivity contribution in [2.24, 2.45) is 5.92 Å². The summed E-state index contributed by atoms with van der Waals surface area (Å²) in [6.07, 6.45) is 25.9. The highest BCUT2D eigenvalue weighted by Gasteiger charge is 2.36. The molecule has 0 radical (unpaired) electrons. The van der Waals surface area contributed by atoms with Crippen molar-refractivity contribution in [1.82, 2.24) is 0 Å². The molecule has 0 bridgehead atoms. The average molecular weight is 332 g/mol. The molecule has 24 heavy (non-hydrogen) atoms. The van der Waals surface area contributed by atoms with E-state index in [-0.39, 0.29) is 6.42 Å². The molecule has 1 saturated carbocycles. The van der Waals surface area contributed by atoms with Crippen molar-refractivity contribution in [3.8, 4) is 0 Å². The molecule has 1 aliphatic carbocycles. The molecule has 134 valence electrons. The fraction of sp³-hybridized carbons (Fsp3) is 0.667. The lowest BCUT2D eigenvalue weighted by Gasteiger charge is -2.17. The van der Waals surface area contributed by atoms with Crippen molar-refractivity contribution < 1.29 is 14.6 Å². The van der Waals surface area contributed by atoms with Crippen LogP contribution < -0.4 is 0 Å². The number of aliphatic carboxylic acids is 1. The molecule has 3 heteroatoms. The Bertz CT molecular complexity index is 444. The van der Waals surface area contributed by atoms with Gasteiger partial charge in [-0.05, 0) is 50.9 Å². The first-order valence-corrected chi connectivity index (χ1v) is 9.59. The molecule has 1 aliphatic heterocycles. The van der Waals surface area contributed by atoms with Gasteiger partial charge in [0, 0.05) is 6.42 Å². The second-order valence-corrected chi connectivity index (χ2v) is 6.98. The van der Waals surface area contributed by atoms with Crippen molar-refractivity contribution in [1.29, 1.82) is 0 Å². The van der Waals surface area contributed by atoms with Crippen LogP contribution in [0.2, 0.25) is 0 Å². The Labute approximate surface area is 146 Å². The van der Waals surface area contributed by atoms with E-state index in [9.17, 15) is 4.79 Å². The van der Waals surface area contributed by atoms with E-state index in [0.29, 0.717) is 12.2 Å². The van der Waals surface area contributed by atoms with Gasteiger partial charge in [0.1, 0.15) is 0 Å². The third-order valence-corrected chi connectivity index (χ3v) is 4.85. The Morgan fingerprint density at radius 3 is 2.42 bits per heavy atom. The van der Waals surface area contributed by atoms with E-state index in [1.807, 2.05) is 0 Å². The quantitative estimate of drug-likeness (QED) is 0.312. The highest BCUT2D eigenvalue weighted by Crippen LogP contribution is 2.30. The second-order valence-electron chi connectivity index (χ2n) is 6.98. The van der Waals surface area contributed by atoms with Crippen molar-refractivity contribution in [2.75, 3.05) is 0 Å². The monoisotopic (exact) mass is 332 g/mol. The molecule has 3 nitrogen and oxygen atoms in total. The molecule has 2 aliphatic rings. The lowest BCUT2D eigenvalue weighted by Crippen LogP contribution is -2.02. The van der Waals surface area contributed by atoms with Crippen LogP contribution in [-0.2, 0) is 9.53 Å². The van der Waals surface area contributed by atoms with Crippen molar-refractivity contribution in [3.63, 3.8) is 0 Å². The van der Waals surface area contributed by atoms with E-state index in [4.69, 9.17) is 9.84 Å². The number of hydrogen-bond donors (Lipinski definition) is 1. The average Bonchev–Trinajstić information content (AvgIpc) is 3.32. The molecule has 2 atom stereocenters. The first-order valence-electron chi connectivity index (χ1n) is 9.59. The molecule has 0 amide bonds. The molecule has 0 aromatic carbocycles. The minimum Gasteiger partial charge on any atom is -0.481 e. The minimum atomic E-state index is -0.712. The van der Waals surface area contributed by atoms with Crippen LogP contribution in [0.3, 0.4) is 0 Å². The highest BCUT2D eigenvalue weighted by atomic mass is 16.6. The van der Waals surface area contributed by atoms with E-state index >= 15 is 0 Å². The summed E-state index contributed by atoms with van der Waals surface area (Å²) < 4.78 is 5.71. The number of ether oxygens (including phenoxy) is 1. The van der Waals surface area contributed by atoms with Crippen LogP contribution in [0.25, 0.3) is 0 Å². The number of carboxylic acids is 1. The third-order valence-electron chi connectivity index (χ3n) is 4.85. The van der Waals surface area contributed by atoms with Crippen LogP contribution >= 0.6 is 0 Å². The molecule has 0 spiro atoms. The molecule has 0 aromatic heterocycles. The summed E-state index contributed by atoms with van der Waals surface area (Å²) >= 11 is 0. The van der Waals surface area contributed by atoms with Gasteiger partial charge in [-0.25, -0.2) is 0 Å². The van der Waals surface area contributed by atoms with Gasteiger partial charge in [0.25, 0.3) is 0 Å². The maximum atomic E-state index is 10.4. The predicted octanol–water partition coefficient (Wildman–Crippen LogP) is 5.43. The smallest absolute Gasteiger partial charge is 0.303 e. The number of unbranched alkanes of at least 4 members (excludes halogenated alkanes) is 1. The molecule has 1 saturated heterocycles. The summed E-state index contributed by atoms with van der Waals surface area (Å²) in [5.74, 6) is 0.106. The summed E-state index contributed by atoms with van der Waals surface area (Å²) in [5.41, 5.74) is 0. The zero-order valence-electron chi connectivity index (χ0n) is 14.7. The Kier molecular flexibility index (Phi) is 8.90. The van der Waals surface area contributed by atoms with Crippen LogP contribution in [0, 0.1) is 5.92 Å². The molecule has 2 fully saturated rings. The normalized spacial score (nSPS) is 25.2. The van der Waals surface area contributed by atoms with Crippen molar-refractivity contribution in [3.05, 3.63) is 36.5 Å². The van der Waals surface area contributed by atoms with Gasteiger partial charge < -0.3 is 9.84 Å². The van der Waals surface area contributed by atoms with E-state index in [2.05, 4.69) is 36.5 Å². The van der Waals surface area contributed by atoms with E-state index in [1.165, 1.54) is 32.1 Å². The maximum Gasteiger partial charge on any atom is 0.303 e. The zero-order chi connectivity index (χ0) is 17.0. The molecule has 2 rings (SSSR count). The highest BCUT2D eigenvalue weighted by molar-refractivity contribution is 5.66. The lowest BCUT2D eigenvalue weighted by atomic mass is 9.89. The van der Waals surface area contributed by atoms with Crippen molar-refractivity contribution in [2.45, 2.75) is 82.8 Å². The van der Waals surface area contributed by atoms with Crippen LogP contribution in [-0.4, -0.2) is 23.3 Å². The number of epoxide rings is 1. The third kappa shape index (κ3) is 8.49. The zero-order valence-corrected chi connectivity index (χ0v) is 14.7. The first-order chi connectivity index (χ1) is 11.8. The van der Waals surface area contributed by atoms with Gasteiger partial charge in [-0.3, -0.25) is 4.79 Å². The van der Waals surface area contributed by atoms with Gasteiger partial charge in [-0.15, -0.1) is 0 Å². The summed E-state index contributed by atoms with van der Waals surface area (Å²) in [7, 11) is 0. The molecule has 0 unspecified atom stereocenters. The molecule has 0 aromatic rings. The van der Waals surface area contributed by atoms with E-state index in [1.54, 1.807) is 0 Å². The number of carboxylic acid groups (broad SMARTS) is 1. The topological polar surface area (TPSA) is 49.8 Å². The summed E-state index contributed by atoms with van der Waals surface area (Å²) in [6.45, 7) is 0. The Hall–Kier alpha value is -1.35. The van der Waals surface area contributed by atoms with Gasteiger partial charge in [-0.1, -0.05) is 55.7 Å². The Morgan fingerprint density at radius 2 is 1.67 bits per heavy atom. The standard InChI is InChI=1S/C21H32O3/c22-21(23)17-10-5-3-1-2-4-9-15-19-20(24-19)16-11-14-18-12-7-6-8-13-18/h1,3-4,9,11,14,18-20H,2,5-8,10,12-13,15-17H2,(H,22,23)/b3-1+,9-4+,14-11+/t19-,20+/m0/s1. The van der Waals surface area contributed by atoms with Gasteiger partial charge >= 0.3 is 5.97 Å². The molecule has 1 heterocycles. The molecular weight excluding hydrogens is 300 g/mol. The lowest BCUT2D eigenvalue weighted by molar-refractivity contribution is -0.137. The fourth-order valence-electron chi connectivity index (χ4n) is 3.32. The van der Waals surface area contributed by atoms with Gasteiger partial charge in [0.05, 0.1) is 12.2 Å². The van der Waals surface area contributed by atoms with Crippen LogP contribution in [0.4, 0.5) is 0 Å². The fourth-order valence-corrected chi connectivity index (χ4v) is 3.32. The van der Waals surface area contributed by atoms with Crippen molar-refractivity contribution >= 4 is 5.97 Å². The van der Waals surface area contributed by atoms with Crippen LogP contribution in [0.5, 0.6) is 0 Å². The van der Waals surface area contributed by atoms with E-state index in [0.717, 1.165) is 38.0 Å². The van der Waals surface area contributed by atoms with Gasteiger partial charge in [0.15, 0.2) is 0 Å². The Morgan fingerprint density at radius 1 is 0.958 bits per heavy atom. The predicted molar refractivity (Wildman–Crippen MR) is 98.0 cm³/mol. The summed E-state index contributed by atoms with van der Waals surface area (Å²) in [4.78, 5) is 10.4. The minimum absolute atomic E-state index is 0.260. The molecular formula is C21H32O3.